The third kappa shape index (κ3) is 5.36. The summed E-state index contributed by atoms with van der Waals surface area (Å²) in [5, 5.41) is 6.48. The Morgan fingerprint density at radius 2 is 2.46 bits per heavy atom. The summed E-state index contributed by atoms with van der Waals surface area (Å²) in [6.45, 7) is 3.70. The molecule has 1 fully saturated rings. The van der Waals surface area contributed by atoms with Crippen molar-refractivity contribution in [3.05, 3.63) is 0 Å². The second-order valence-corrected chi connectivity index (χ2v) is 4.44. The summed E-state index contributed by atoms with van der Waals surface area (Å²) in [6, 6.07) is 0. The molecule has 2 atom stereocenters. The summed E-state index contributed by atoms with van der Waals surface area (Å²) in [6.07, 6.45) is 2.49. The summed E-state index contributed by atoms with van der Waals surface area (Å²) in [5.41, 5.74) is 0. The van der Waals surface area contributed by atoms with E-state index in [0.29, 0.717) is 12.5 Å². The molecule has 0 radical (unpaired) electrons. The topological polar surface area (TPSA) is 64.2 Å². The maximum Gasteiger partial charge on any atom is 0.0227 e. The molecule has 1 aliphatic rings. The fourth-order valence-corrected chi connectivity index (χ4v) is 1.87. The molecule has 1 heterocycles. The number of nitrogens with one attached hydrogen (secondary N) is 2. The summed E-state index contributed by atoms with van der Waals surface area (Å²) in [7, 11) is 0. The van der Waals surface area contributed by atoms with E-state index in [0.717, 1.165) is 19.6 Å². The van der Waals surface area contributed by atoms with Crippen molar-refractivity contribution in [1.29, 1.82) is 0 Å². The van der Waals surface area contributed by atoms with Crippen LogP contribution < -0.4 is 10.6 Å². The Bertz CT molecular complexity index is 160. The molecule has 0 amide bonds. The van der Waals surface area contributed by atoms with E-state index in [1.807, 2.05) is 0 Å². The van der Waals surface area contributed by atoms with Gasteiger partial charge >= 0.3 is 0 Å². The lowest BCUT2D eigenvalue weighted by molar-refractivity contribution is 0.363. The average Bonchev–Trinajstić information content (AvgIpc) is 2.14. The first-order valence-electron chi connectivity index (χ1n) is 4.76. The molecule has 1 rings (SSSR count). The fraction of sp³-hybridized carbons (Fsp3) is 1.00. The predicted octanol–water partition coefficient (Wildman–Crippen LogP) is -0.545. The van der Waals surface area contributed by atoms with Gasteiger partial charge in [-0.3, -0.25) is 4.21 Å². The van der Waals surface area contributed by atoms with Crippen LogP contribution in [0.15, 0.2) is 0 Å². The first-order chi connectivity index (χ1) is 6.29. The van der Waals surface area contributed by atoms with E-state index < -0.39 is 11.1 Å². The number of hydrogen-bond donors (Lipinski definition) is 2. The van der Waals surface area contributed by atoms with Crippen LogP contribution in [-0.2, 0) is 11.1 Å². The Kier molecular flexibility index (Phi) is 5.54. The molecule has 13 heavy (non-hydrogen) atoms. The third-order valence-corrected chi connectivity index (χ3v) is 2.81. The minimum atomic E-state index is -1.90. The zero-order valence-electron chi connectivity index (χ0n) is 7.75. The molecule has 1 aliphatic heterocycles. The lowest BCUT2D eigenvalue weighted by Crippen LogP contribution is -2.37. The molecule has 4 nitrogen and oxygen atoms in total. The highest BCUT2D eigenvalue weighted by Crippen LogP contribution is 2.07. The maximum atomic E-state index is 10.2. The van der Waals surface area contributed by atoms with Crippen molar-refractivity contribution in [3.8, 4) is 0 Å². The van der Waals surface area contributed by atoms with Crippen LogP contribution in [0.3, 0.4) is 0 Å². The number of piperidine rings is 1. The molecule has 0 aromatic rings. The second kappa shape index (κ2) is 6.48. The third-order valence-electron chi connectivity index (χ3n) is 2.28. The highest BCUT2D eigenvalue weighted by atomic mass is 32.2. The van der Waals surface area contributed by atoms with Crippen molar-refractivity contribution < 1.29 is 8.76 Å². The monoisotopic (exact) mass is 205 g/mol. The molecule has 0 saturated carbocycles. The molecule has 0 spiro atoms. The molecule has 0 aliphatic carbocycles. The first kappa shape index (κ1) is 11.1. The molecule has 2 N–H and O–H groups in total. The van der Waals surface area contributed by atoms with E-state index in [9.17, 15) is 8.76 Å². The van der Waals surface area contributed by atoms with Crippen molar-refractivity contribution >= 4 is 11.1 Å². The van der Waals surface area contributed by atoms with Crippen molar-refractivity contribution in [2.45, 2.75) is 12.8 Å². The highest BCUT2D eigenvalue weighted by Gasteiger charge is 2.11. The van der Waals surface area contributed by atoms with Gasteiger partial charge in [-0.1, -0.05) is 11.1 Å². The lowest BCUT2D eigenvalue weighted by Gasteiger charge is -2.23. The predicted molar refractivity (Wildman–Crippen MR) is 52.3 cm³/mol. The van der Waals surface area contributed by atoms with Gasteiger partial charge in [0.05, 0.1) is 0 Å². The van der Waals surface area contributed by atoms with E-state index in [1.54, 1.807) is 0 Å². The van der Waals surface area contributed by atoms with E-state index in [1.165, 1.54) is 12.8 Å². The summed E-state index contributed by atoms with van der Waals surface area (Å²) >= 11 is -1.90. The van der Waals surface area contributed by atoms with E-state index in [-0.39, 0.29) is 5.75 Å². The maximum absolute atomic E-state index is 10.2. The summed E-state index contributed by atoms with van der Waals surface area (Å²) in [5.74, 6) is 0.897. The van der Waals surface area contributed by atoms with Gasteiger partial charge in [0.1, 0.15) is 0 Å². The number of hydrogen-bond acceptors (Lipinski definition) is 4. The van der Waals surface area contributed by atoms with Crippen LogP contribution in [0.4, 0.5) is 0 Å². The fourth-order valence-electron chi connectivity index (χ4n) is 1.56. The Hall–Kier alpha value is 0.0300. The molecule has 0 bridgehead atoms. The summed E-state index contributed by atoms with van der Waals surface area (Å²) < 4.78 is 20.4. The van der Waals surface area contributed by atoms with Crippen molar-refractivity contribution in [3.63, 3.8) is 0 Å². The highest BCUT2D eigenvalue weighted by molar-refractivity contribution is 7.79. The molecule has 2 unspecified atom stereocenters. The lowest BCUT2D eigenvalue weighted by atomic mass is 10.00. The van der Waals surface area contributed by atoms with Gasteiger partial charge in [-0.2, -0.15) is 0 Å². The van der Waals surface area contributed by atoms with Crippen molar-refractivity contribution in [2.24, 2.45) is 5.92 Å². The molecular formula is C8H17N2O2S-. The second-order valence-electron chi connectivity index (χ2n) is 3.42. The minimum Gasteiger partial charge on any atom is -0.772 e. The van der Waals surface area contributed by atoms with Crippen molar-refractivity contribution in [2.75, 3.05) is 31.9 Å². The van der Waals surface area contributed by atoms with Crippen LogP contribution >= 0.6 is 0 Å². The van der Waals surface area contributed by atoms with Gasteiger partial charge in [0.15, 0.2) is 0 Å². The normalized spacial score (nSPS) is 25.8. The standard InChI is InChI=1S/C8H18N2O2S/c11-13(12)5-4-10-7-8-2-1-3-9-6-8/h8-10H,1-7H2,(H,11,12)/p-1. The van der Waals surface area contributed by atoms with Crippen LogP contribution in [0.5, 0.6) is 0 Å². The van der Waals surface area contributed by atoms with Crippen LogP contribution in [0.25, 0.3) is 0 Å². The van der Waals surface area contributed by atoms with Gasteiger partial charge in [0.25, 0.3) is 0 Å². The van der Waals surface area contributed by atoms with Gasteiger partial charge in [0.2, 0.25) is 0 Å². The van der Waals surface area contributed by atoms with Crippen LogP contribution in [0.1, 0.15) is 12.8 Å². The smallest absolute Gasteiger partial charge is 0.0227 e. The van der Waals surface area contributed by atoms with Gasteiger partial charge in [-0.05, 0) is 38.4 Å². The van der Waals surface area contributed by atoms with Gasteiger partial charge < -0.3 is 15.2 Å². The molecule has 0 aromatic heterocycles. The molecule has 1 saturated heterocycles. The number of rotatable bonds is 5. The Labute approximate surface area is 81.8 Å². The Balaban J connectivity index is 1.95. The van der Waals surface area contributed by atoms with E-state index in [2.05, 4.69) is 10.6 Å². The SMILES string of the molecule is O=S([O-])CCNCC1CCCNC1. The van der Waals surface area contributed by atoms with Gasteiger partial charge in [0, 0.05) is 12.3 Å². The molecule has 5 heteroatoms. The zero-order valence-corrected chi connectivity index (χ0v) is 8.57. The van der Waals surface area contributed by atoms with E-state index in [4.69, 9.17) is 0 Å². The first-order valence-corrected chi connectivity index (χ1v) is 6.00. The van der Waals surface area contributed by atoms with Crippen LogP contribution in [-0.4, -0.2) is 40.7 Å². The molecule has 78 valence electrons. The van der Waals surface area contributed by atoms with Crippen molar-refractivity contribution in [1.82, 2.24) is 10.6 Å². The van der Waals surface area contributed by atoms with Crippen LogP contribution in [0, 0.1) is 5.92 Å². The Morgan fingerprint density at radius 1 is 1.62 bits per heavy atom. The van der Waals surface area contributed by atoms with Gasteiger partial charge in [-0.25, -0.2) is 0 Å². The molecule has 0 aromatic carbocycles. The van der Waals surface area contributed by atoms with E-state index >= 15 is 0 Å². The zero-order chi connectivity index (χ0) is 9.52. The average molecular weight is 205 g/mol. The quantitative estimate of drug-likeness (QED) is 0.467. The minimum absolute atomic E-state index is 0.222. The van der Waals surface area contributed by atoms with Gasteiger partial charge in [-0.15, -0.1) is 0 Å². The largest absolute Gasteiger partial charge is 0.772 e. The molecular weight excluding hydrogens is 188 g/mol. The van der Waals surface area contributed by atoms with Crippen LogP contribution in [0.2, 0.25) is 0 Å². The summed E-state index contributed by atoms with van der Waals surface area (Å²) in [4.78, 5) is 0. The Morgan fingerprint density at radius 3 is 3.08 bits per heavy atom.